The van der Waals surface area contributed by atoms with Gasteiger partial charge in [-0.1, -0.05) is 12.1 Å². The van der Waals surface area contributed by atoms with E-state index < -0.39 is 0 Å². The van der Waals surface area contributed by atoms with Gasteiger partial charge in [0.1, 0.15) is 5.75 Å². The molecule has 70 valence electrons. The maximum absolute atomic E-state index is 9.19. The van der Waals surface area contributed by atoms with Crippen LogP contribution >= 0.6 is 7.92 Å². The van der Waals surface area contributed by atoms with Gasteiger partial charge in [0, 0.05) is 5.16 Å². The summed E-state index contributed by atoms with van der Waals surface area (Å²) < 4.78 is 0. The van der Waals surface area contributed by atoms with E-state index in [2.05, 4.69) is 25.5 Å². The van der Waals surface area contributed by atoms with E-state index in [-0.39, 0.29) is 7.92 Å². The zero-order chi connectivity index (χ0) is 9.47. The second-order valence-corrected chi connectivity index (χ2v) is 6.62. The molecule has 0 aromatic heterocycles. The van der Waals surface area contributed by atoms with Crippen molar-refractivity contribution in [3.63, 3.8) is 0 Å². The molecular formula is C11H15OP. The second-order valence-electron chi connectivity index (χ2n) is 3.97. The van der Waals surface area contributed by atoms with Crippen LogP contribution in [0.25, 0.3) is 0 Å². The zero-order valence-electron chi connectivity index (χ0n) is 8.12. The van der Waals surface area contributed by atoms with E-state index in [1.165, 1.54) is 18.4 Å². The summed E-state index contributed by atoms with van der Waals surface area (Å²) in [6, 6.07) is 7.75. The largest absolute Gasteiger partial charge is 0.508 e. The highest BCUT2D eigenvalue weighted by Crippen LogP contribution is 2.66. The van der Waals surface area contributed by atoms with Crippen molar-refractivity contribution in [1.29, 1.82) is 0 Å². The van der Waals surface area contributed by atoms with Gasteiger partial charge < -0.3 is 5.11 Å². The molecule has 1 aliphatic carbocycles. The summed E-state index contributed by atoms with van der Waals surface area (Å²) in [6.07, 6.45) is 2.66. The van der Waals surface area contributed by atoms with E-state index in [0.717, 1.165) is 0 Å². The fourth-order valence-electron chi connectivity index (χ4n) is 1.88. The standard InChI is InChI=1S/C11H15OP/c1-13(2)11(7-8-11)9-3-5-10(12)6-4-9/h3-6,12H,7-8H2,1-2H3. The Labute approximate surface area is 80.5 Å². The Balaban J connectivity index is 2.31. The summed E-state index contributed by atoms with van der Waals surface area (Å²) in [7, 11) is 0.0998. The maximum atomic E-state index is 9.19. The molecule has 0 atom stereocenters. The molecule has 2 rings (SSSR count). The molecule has 1 fully saturated rings. The molecule has 0 aliphatic heterocycles. The van der Waals surface area contributed by atoms with Gasteiger partial charge in [-0.05, 0) is 43.9 Å². The van der Waals surface area contributed by atoms with Crippen LogP contribution < -0.4 is 0 Å². The number of benzene rings is 1. The molecule has 2 heteroatoms. The van der Waals surface area contributed by atoms with Crippen molar-refractivity contribution >= 4 is 7.92 Å². The van der Waals surface area contributed by atoms with E-state index >= 15 is 0 Å². The highest BCUT2D eigenvalue weighted by molar-refractivity contribution is 7.57. The van der Waals surface area contributed by atoms with Crippen molar-refractivity contribution in [3.05, 3.63) is 29.8 Å². The first-order valence-electron chi connectivity index (χ1n) is 4.62. The van der Waals surface area contributed by atoms with E-state index in [4.69, 9.17) is 0 Å². The van der Waals surface area contributed by atoms with Gasteiger partial charge in [0.15, 0.2) is 0 Å². The molecule has 0 amide bonds. The first kappa shape index (κ1) is 9.02. The number of rotatable bonds is 2. The fraction of sp³-hybridized carbons (Fsp3) is 0.455. The predicted molar refractivity (Wildman–Crippen MR) is 57.8 cm³/mol. The quantitative estimate of drug-likeness (QED) is 0.717. The van der Waals surface area contributed by atoms with Crippen LogP contribution in [0.4, 0.5) is 0 Å². The van der Waals surface area contributed by atoms with Crippen molar-refractivity contribution < 1.29 is 5.11 Å². The summed E-state index contributed by atoms with van der Waals surface area (Å²) in [4.78, 5) is 0. The highest BCUT2D eigenvalue weighted by Gasteiger charge is 2.46. The van der Waals surface area contributed by atoms with Gasteiger partial charge in [-0.15, -0.1) is 7.92 Å². The van der Waals surface area contributed by atoms with Crippen LogP contribution in [0.1, 0.15) is 18.4 Å². The average Bonchev–Trinajstić information content (AvgIpc) is 2.86. The normalized spacial score (nSPS) is 19.0. The Hall–Kier alpha value is -0.550. The van der Waals surface area contributed by atoms with E-state index in [1.807, 2.05) is 0 Å². The molecule has 13 heavy (non-hydrogen) atoms. The summed E-state index contributed by atoms with van der Waals surface area (Å²) in [6.45, 7) is 4.68. The molecule has 1 N–H and O–H groups in total. The Morgan fingerprint density at radius 2 is 1.69 bits per heavy atom. The molecule has 1 aromatic carbocycles. The summed E-state index contributed by atoms with van der Waals surface area (Å²) in [5.41, 5.74) is 1.42. The number of aromatic hydroxyl groups is 1. The van der Waals surface area contributed by atoms with Gasteiger partial charge in [0.25, 0.3) is 0 Å². The van der Waals surface area contributed by atoms with Crippen molar-refractivity contribution in [2.24, 2.45) is 0 Å². The van der Waals surface area contributed by atoms with Crippen LogP contribution in [0.2, 0.25) is 0 Å². The SMILES string of the molecule is CP(C)C1(c2ccc(O)cc2)CC1. The lowest BCUT2D eigenvalue weighted by Crippen LogP contribution is -2.02. The Bertz CT molecular complexity index is 298. The third-order valence-corrected chi connectivity index (χ3v) is 5.40. The van der Waals surface area contributed by atoms with E-state index in [1.54, 1.807) is 12.1 Å². The van der Waals surface area contributed by atoms with Gasteiger partial charge in [-0.2, -0.15) is 0 Å². The van der Waals surface area contributed by atoms with Crippen LogP contribution in [0, 0.1) is 0 Å². The van der Waals surface area contributed by atoms with E-state index in [0.29, 0.717) is 10.9 Å². The molecule has 0 saturated heterocycles. The average molecular weight is 194 g/mol. The van der Waals surface area contributed by atoms with Crippen molar-refractivity contribution in [2.45, 2.75) is 18.0 Å². The Morgan fingerprint density at radius 1 is 1.15 bits per heavy atom. The number of hydrogen-bond acceptors (Lipinski definition) is 1. The van der Waals surface area contributed by atoms with Crippen molar-refractivity contribution in [3.8, 4) is 5.75 Å². The molecule has 1 nitrogen and oxygen atoms in total. The van der Waals surface area contributed by atoms with Crippen LogP contribution in [0.15, 0.2) is 24.3 Å². The minimum Gasteiger partial charge on any atom is -0.508 e. The number of phenolic OH excluding ortho intramolecular Hbond substituents is 1. The minimum atomic E-state index is 0.0998. The van der Waals surface area contributed by atoms with Gasteiger partial charge >= 0.3 is 0 Å². The molecular weight excluding hydrogens is 179 g/mol. The first-order valence-corrected chi connectivity index (χ1v) is 6.86. The smallest absolute Gasteiger partial charge is 0.115 e. The van der Waals surface area contributed by atoms with Crippen LogP contribution in [-0.4, -0.2) is 18.4 Å². The van der Waals surface area contributed by atoms with Gasteiger partial charge in [-0.3, -0.25) is 0 Å². The third-order valence-electron chi connectivity index (χ3n) is 2.98. The molecule has 1 aromatic rings. The molecule has 0 heterocycles. The molecule has 0 radical (unpaired) electrons. The summed E-state index contributed by atoms with van der Waals surface area (Å²) in [5, 5.41) is 9.68. The number of phenols is 1. The van der Waals surface area contributed by atoms with Gasteiger partial charge in [0.05, 0.1) is 0 Å². The molecule has 0 unspecified atom stereocenters. The minimum absolute atomic E-state index is 0.0998. The van der Waals surface area contributed by atoms with Gasteiger partial charge in [0.2, 0.25) is 0 Å². The molecule has 0 bridgehead atoms. The van der Waals surface area contributed by atoms with Crippen LogP contribution in [0.3, 0.4) is 0 Å². The Kier molecular flexibility index (Phi) is 2.08. The molecule has 1 saturated carbocycles. The highest BCUT2D eigenvalue weighted by atomic mass is 31.1. The summed E-state index contributed by atoms with van der Waals surface area (Å²) in [5.74, 6) is 0.371. The van der Waals surface area contributed by atoms with Gasteiger partial charge in [-0.25, -0.2) is 0 Å². The monoisotopic (exact) mass is 194 g/mol. The maximum Gasteiger partial charge on any atom is 0.115 e. The third kappa shape index (κ3) is 1.46. The Morgan fingerprint density at radius 3 is 2.08 bits per heavy atom. The lowest BCUT2D eigenvalue weighted by atomic mass is 10.1. The predicted octanol–water partition coefficient (Wildman–Crippen LogP) is 3.12. The lowest BCUT2D eigenvalue weighted by molar-refractivity contribution is 0.475. The second kappa shape index (κ2) is 2.99. The molecule has 0 spiro atoms. The first-order chi connectivity index (χ1) is 6.15. The van der Waals surface area contributed by atoms with E-state index in [9.17, 15) is 5.11 Å². The van der Waals surface area contributed by atoms with Crippen LogP contribution in [-0.2, 0) is 5.16 Å². The zero-order valence-corrected chi connectivity index (χ0v) is 9.01. The molecule has 1 aliphatic rings. The number of hydrogen-bond donors (Lipinski definition) is 1. The topological polar surface area (TPSA) is 20.2 Å². The van der Waals surface area contributed by atoms with Crippen molar-refractivity contribution in [1.82, 2.24) is 0 Å². The lowest BCUT2D eigenvalue weighted by Gasteiger charge is -2.20. The fourth-order valence-corrected chi connectivity index (χ4v) is 3.56. The summed E-state index contributed by atoms with van der Waals surface area (Å²) >= 11 is 0. The van der Waals surface area contributed by atoms with Crippen molar-refractivity contribution in [2.75, 3.05) is 13.3 Å². The van der Waals surface area contributed by atoms with Crippen LogP contribution in [0.5, 0.6) is 5.75 Å².